The molecular weight excluding hydrogens is 440 g/mol. The number of phenols is 1. The number of aromatic carboxylic acids is 1. The van der Waals surface area contributed by atoms with Crippen LogP contribution in [0.3, 0.4) is 0 Å². The van der Waals surface area contributed by atoms with E-state index in [-0.39, 0.29) is 27.7 Å². The lowest BCUT2D eigenvalue weighted by Gasteiger charge is -2.11. The van der Waals surface area contributed by atoms with Crippen molar-refractivity contribution in [1.29, 1.82) is 5.41 Å². The molecule has 0 saturated carbocycles. The molecule has 4 rings (SSSR count). The van der Waals surface area contributed by atoms with Crippen LogP contribution in [-0.2, 0) is 17.6 Å². The zero-order chi connectivity index (χ0) is 23.5. The number of thiophene rings is 1. The Kier molecular flexibility index (Phi) is 6.23. The van der Waals surface area contributed by atoms with Crippen LogP contribution in [-0.4, -0.2) is 33.5 Å². The normalized spacial score (nSPS) is 12.8. The Morgan fingerprint density at radius 2 is 1.88 bits per heavy atom. The Morgan fingerprint density at radius 1 is 1.09 bits per heavy atom. The number of benzene rings is 2. The summed E-state index contributed by atoms with van der Waals surface area (Å²) in [5, 5.41) is 34.6. The first kappa shape index (κ1) is 22.2. The summed E-state index contributed by atoms with van der Waals surface area (Å²) in [5.74, 6) is -1.71. The van der Waals surface area contributed by atoms with Crippen LogP contribution in [0.5, 0.6) is 5.75 Å². The van der Waals surface area contributed by atoms with Gasteiger partial charge in [0.25, 0.3) is 5.91 Å². The lowest BCUT2D eigenvalue weighted by atomic mass is 10.1. The number of anilines is 2. The number of carboxylic acid groups (broad SMARTS) is 1. The molecule has 1 aliphatic carbocycles. The highest BCUT2D eigenvalue weighted by Crippen LogP contribution is 2.38. The van der Waals surface area contributed by atoms with E-state index < -0.39 is 11.9 Å². The molecule has 0 aliphatic heterocycles. The highest BCUT2D eigenvalue weighted by atomic mass is 32.1. The van der Waals surface area contributed by atoms with Crippen molar-refractivity contribution in [3.8, 4) is 16.2 Å². The van der Waals surface area contributed by atoms with Crippen molar-refractivity contribution in [3.63, 3.8) is 0 Å². The van der Waals surface area contributed by atoms with Crippen LogP contribution >= 0.6 is 11.3 Å². The molecule has 0 saturated heterocycles. The van der Waals surface area contributed by atoms with E-state index in [0.29, 0.717) is 16.1 Å². The number of hydrogen-bond donors (Lipinski definition) is 5. The van der Waals surface area contributed by atoms with Crippen molar-refractivity contribution in [2.24, 2.45) is 5.10 Å². The molecule has 0 bridgehead atoms. The molecule has 33 heavy (non-hydrogen) atoms. The third-order valence-corrected chi connectivity index (χ3v) is 6.44. The van der Waals surface area contributed by atoms with Crippen LogP contribution in [0.2, 0.25) is 0 Å². The number of carbonyl (C=O) groups is 2. The fourth-order valence-electron chi connectivity index (χ4n) is 3.69. The number of amides is 1. The number of hydrogen-bond acceptors (Lipinski definition) is 7. The van der Waals surface area contributed by atoms with E-state index in [4.69, 9.17) is 10.5 Å². The number of carboxylic acids is 1. The Bertz CT molecular complexity index is 1300. The first-order chi connectivity index (χ1) is 15.8. The van der Waals surface area contributed by atoms with E-state index in [1.165, 1.54) is 24.1 Å². The molecule has 8 nitrogen and oxygen atoms in total. The second-order valence-electron chi connectivity index (χ2n) is 7.66. The summed E-state index contributed by atoms with van der Waals surface area (Å²) in [7, 11) is 0. The number of hydrazone groups is 1. The number of carbonyl (C=O) groups excluding carboxylic acids is 1. The molecule has 1 heterocycles. The summed E-state index contributed by atoms with van der Waals surface area (Å²) in [4.78, 5) is 24.7. The minimum absolute atomic E-state index is 0.0406. The molecule has 1 aliphatic rings. The zero-order valence-corrected chi connectivity index (χ0v) is 18.6. The number of rotatable bonds is 7. The predicted octanol–water partition coefficient (Wildman–Crippen LogP) is 4.75. The van der Waals surface area contributed by atoms with Gasteiger partial charge < -0.3 is 20.9 Å². The third-order valence-electron chi connectivity index (χ3n) is 5.33. The fraction of sp³-hybridized carbons (Fsp3) is 0.167. The number of fused-ring (bicyclic) bond motifs is 1. The maximum Gasteiger partial charge on any atom is 0.345 e. The average Bonchev–Trinajstić information content (AvgIpc) is 3.44. The van der Waals surface area contributed by atoms with Crippen LogP contribution in [0.15, 0.2) is 53.6 Å². The van der Waals surface area contributed by atoms with Gasteiger partial charge in [0.15, 0.2) is 5.71 Å². The standard InChI is InChI=1S/C24H22N4O4S/c1-13(25)21(23(30)26-16-9-8-14-4-2-5-15(14)12-16)28-27-18-7-3-6-17(22(18)29)19-10-11-20(33-19)24(31)32/h3,6-12,25,27,29H,2,4-5H2,1H3,(H,26,30)(H,31,32)/b25-13?,28-21-. The van der Waals surface area contributed by atoms with E-state index in [1.807, 2.05) is 18.2 Å². The maximum absolute atomic E-state index is 12.8. The summed E-state index contributed by atoms with van der Waals surface area (Å²) < 4.78 is 0. The maximum atomic E-state index is 12.8. The molecule has 0 spiro atoms. The molecule has 0 unspecified atom stereocenters. The molecule has 5 N–H and O–H groups in total. The lowest BCUT2D eigenvalue weighted by molar-refractivity contribution is -0.110. The first-order valence-corrected chi connectivity index (χ1v) is 11.1. The van der Waals surface area contributed by atoms with Gasteiger partial charge in [-0.3, -0.25) is 10.2 Å². The van der Waals surface area contributed by atoms with Crippen molar-refractivity contribution in [2.75, 3.05) is 10.7 Å². The number of nitrogens with zero attached hydrogens (tertiary/aromatic N) is 1. The summed E-state index contributed by atoms with van der Waals surface area (Å²) in [6, 6.07) is 13.8. The Hall–Kier alpha value is -3.98. The SMILES string of the molecule is CC(=N)/C(=N/Nc1cccc(-c2ccc(C(=O)O)s2)c1O)C(=O)Nc1ccc2c(c1)CCC2. The van der Waals surface area contributed by atoms with Gasteiger partial charge in [-0.1, -0.05) is 12.1 Å². The highest BCUT2D eigenvalue weighted by molar-refractivity contribution is 7.17. The Labute approximate surface area is 194 Å². The van der Waals surface area contributed by atoms with Crippen molar-refractivity contribution in [2.45, 2.75) is 26.2 Å². The van der Waals surface area contributed by atoms with E-state index in [2.05, 4.69) is 15.8 Å². The van der Waals surface area contributed by atoms with Crippen molar-refractivity contribution in [3.05, 3.63) is 64.5 Å². The molecule has 1 aromatic heterocycles. The topological polar surface area (TPSA) is 135 Å². The third kappa shape index (κ3) is 4.78. The Morgan fingerprint density at radius 3 is 2.61 bits per heavy atom. The van der Waals surface area contributed by atoms with Gasteiger partial charge in [-0.05, 0) is 73.7 Å². The largest absolute Gasteiger partial charge is 0.505 e. The highest BCUT2D eigenvalue weighted by Gasteiger charge is 2.18. The number of phenolic OH excluding ortho intramolecular Hbond substituents is 1. The van der Waals surface area contributed by atoms with E-state index >= 15 is 0 Å². The molecular formula is C24H22N4O4S. The summed E-state index contributed by atoms with van der Waals surface area (Å²) in [6.07, 6.45) is 3.14. The molecule has 0 fully saturated rings. The number of para-hydroxylation sites is 1. The molecule has 0 radical (unpaired) electrons. The van der Waals surface area contributed by atoms with Gasteiger partial charge in [-0.25, -0.2) is 4.79 Å². The van der Waals surface area contributed by atoms with Crippen LogP contribution < -0.4 is 10.7 Å². The predicted molar refractivity (Wildman–Crippen MR) is 130 cm³/mol. The molecule has 3 aromatic rings. The number of aryl methyl sites for hydroxylation is 2. The average molecular weight is 463 g/mol. The fourth-order valence-corrected chi connectivity index (χ4v) is 4.56. The minimum atomic E-state index is -1.04. The first-order valence-electron chi connectivity index (χ1n) is 10.3. The van der Waals surface area contributed by atoms with Crippen molar-refractivity contribution in [1.82, 2.24) is 0 Å². The van der Waals surface area contributed by atoms with Crippen molar-refractivity contribution < 1.29 is 19.8 Å². The summed E-state index contributed by atoms with van der Waals surface area (Å²) in [5.41, 5.74) is 6.32. The van der Waals surface area contributed by atoms with Crippen LogP contribution in [0.25, 0.3) is 10.4 Å². The Balaban J connectivity index is 1.54. The van der Waals surface area contributed by atoms with Crippen LogP contribution in [0.4, 0.5) is 11.4 Å². The van der Waals surface area contributed by atoms with Gasteiger partial charge in [0.2, 0.25) is 0 Å². The van der Waals surface area contributed by atoms with E-state index in [9.17, 15) is 14.7 Å². The number of nitrogens with one attached hydrogen (secondary N) is 3. The van der Waals surface area contributed by atoms with Crippen molar-refractivity contribution >= 4 is 46.0 Å². The second kappa shape index (κ2) is 9.25. The molecule has 9 heteroatoms. The lowest BCUT2D eigenvalue weighted by Crippen LogP contribution is -2.29. The van der Waals surface area contributed by atoms with E-state index in [1.54, 1.807) is 24.3 Å². The minimum Gasteiger partial charge on any atom is -0.505 e. The zero-order valence-electron chi connectivity index (χ0n) is 17.8. The smallest absolute Gasteiger partial charge is 0.345 e. The van der Waals surface area contributed by atoms with E-state index in [0.717, 1.165) is 30.6 Å². The molecule has 2 aromatic carbocycles. The second-order valence-corrected chi connectivity index (χ2v) is 8.74. The van der Waals surface area contributed by atoms with Gasteiger partial charge in [-0.15, -0.1) is 11.3 Å². The summed E-state index contributed by atoms with van der Waals surface area (Å²) in [6.45, 7) is 1.46. The van der Waals surface area contributed by atoms with Gasteiger partial charge in [0.05, 0.1) is 11.4 Å². The van der Waals surface area contributed by atoms with Gasteiger partial charge >= 0.3 is 5.97 Å². The van der Waals surface area contributed by atoms with Crippen LogP contribution in [0, 0.1) is 5.41 Å². The van der Waals surface area contributed by atoms with Gasteiger partial charge in [0, 0.05) is 16.1 Å². The van der Waals surface area contributed by atoms with Gasteiger partial charge in [0.1, 0.15) is 10.6 Å². The molecule has 168 valence electrons. The quantitative estimate of drug-likeness (QED) is 0.196. The molecule has 0 atom stereocenters. The van der Waals surface area contributed by atoms with Crippen LogP contribution in [0.1, 0.15) is 34.1 Å². The summed E-state index contributed by atoms with van der Waals surface area (Å²) >= 11 is 1.04. The molecule has 1 amide bonds. The van der Waals surface area contributed by atoms with Gasteiger partial charge in [-0.2, -0.15) is 5.10 Å². The number of aromatic hydroxyl groups is 1. The monoisotopic (exact) mass is 462 g/mol.